The smallest absolute Gasteiger partial charge is 0.354 e. The Hall–Kier alpha value is -1.72. The average Bonchev–Trinajstić information content (AvgIpc) is 2.88. The summed E-state index contributed by atoms with van der Waals surface area (Å²) in [6, 6.07) is 3.82. The maximum Gasteiger partial charge on any atom is 0.410 e. The molecule has 1 saturated heterocycles. The summed E-state index contributed by atoms with van der Waals surface area (Å²) in [5, 5.41) is 0. The van der Waals surface area contributed by atoms with Crippen LogP contribution >= 0.6 is 0 Å². The molecular weight excluding hydrogens is 219 g/mol. The number of alkyl halides is 3. The van der Waals surface area contributed by atoms with E-state index in [2.05, 4.69) is 9.97 Å². The van der Waals surface area contributed by atoms with E-state index in [1.54, 1.807) is 18.2 Å². The molecule has 2 aromatic rings. The number of nitrogens with zero attached hydrogens (tertiary/aromatic N) is 2. The number of nitrogens with one attached hydrogen (secondary N) is 1. The fourth-order valence-electron chi connectivity index (χ4n) is 1.87. The Morgan fingerprint density at radius 3 is 2.88 bits per heavy atom. The van der Waals surface area contributed by atoms with E-state index in [1.807, 2.05) is 0 Å². The lowest BCUT2D eigenvalue weighted by Crippen LogP contribution is -2.20. The summed E-state index contributed by atoms with van der Waals surface area (Å²) in [5.74, 6) is 0. The van der Waals surface area contributed by atoms with Gasteiger partial charge in [0.15, 0.2) is 0 Å². The topological polar surface area (TPSA) is 31.7 Å². The van der Waals surface area contributed by atoms with Crippen molar-refractivity contribution in [2.24, 2.45) is 0 Å². The molecule has 1 unspecified atom stereocenters. The van der Waals surface area contributed by atoms with Gasteiger partial charge in [-0.05, 0) is 12.1 Å². The van der Waals surface area contributed by atoms with Crippen molar-refractivity contribution in [3.05, 3.63) is 24.5 Å². The van der Waals surface area contributed by atoms with Gasteiger partial charge in [-0.2, -0.15) is 13.2 Å². The Bertz CT molecular complexity index is 531. The van der Waals surface area contributed by atoms with Crippen LogP contribution < -0.4 is 4.90 Å². The van der Waals surface area contributed by atoms with Crippen LogP contribution in [0.25, 0.3) is 11.0 Å². The van der Waals surface area contributed by atoms with E-state index in [1.165, 1.54) is 11.2 Å². The third-order valence-corrected chi connectivity index (χ3v) is 2.73. The van der Waals surface area contributed by atoms with Crippen LogP contribution in [0.4, 0.5) is 18.9 Å². The van der Waals surface area contributed by atoms with E-state index in [-0.39, 0.29) is 6.54 Å². The number of imidazole rings is 1. The molecule has 3 rings (SSSR count). The first-order chi connectivity index (χ1) is 7.57. The van der Waals surface area contributed by atoms with E-state index in [4.69, 9.17) is 0 Å². The molecule has 0 amide bonds. The van der Waals surface area contributed by atoms with E-state index in [0.29, 0.717) is 11.2 Å². The van der Waals surface area contributed by atoms with Gasteiger partial charge in [-0.25, -0.2) is 4.98 Å². The summed E-state index contributed by atoms with van der Waals surface area (Å²) in [6.45, 7) is 0.0233. The van der Waals surface area contributed by atoms with Gasteiger partial charge in [-0.15, -0.1) is 0 Å². The number of aromatic amines is 1. The summed E-state index contributed by atoms with van der Waals surface area (Å²) < 4.78 is 37.3. The molecule has 16 heavy (non-hydrogen) atoms. The number of halogens is 3. The van der Waals surface area contributed by atoms with Gasteiger partial charge in [0.1, 0.15) is 11.6 Å². The third-order valence-electron chi connectivity index (χ3n) is 2.73. The van der Waals surface area contributed by atoms with Crippen LogP contribution in [0.2, 0.25) is 0 Å². The highest BCUT2D eigenvalue weighted by molar-refractivity contribution is 5.89. The van der Waals surface area contributed by atoms with Gasteiger partial charge in [-0.3, -0.25) is 0 Å². The summed E-state index contributed by atoms with van der Waals surface area (Å²) in [7, 11) is 0. The lowest BCUT2D eigenvalue weighted by atomic mass is 10.2. The second-order valence-corrected chi connectivity index (χ2v) is 3.79. The minimum atomic E-state index is -4.15. The number of fused-ring (bicyclic) bond motifs is 1. The number of hydrogen-bond donors (Lipinski definition) is 1. The Morgan fingerprint density at radius 1 is 1.38 bits per heavy atom. The maximum absolute atomic E-state index is 12.4. The number of para-hydroxylation sites is 1. The molecule has 1 aromatic carbocycles. The van der Waals surface area contributed by atoms with Crippen molar-refractivity contribution in [1.29, 1.82) is 0 Å². The summed E-state index contributed by atoms with van der Waals surface area (Å²) in [6.07, 6.45) is -2.67. The predicted octanol–water partition coefficient (Wildman–Crippen LogP) is 2.31. The Balaban J connectivity index is 2.00. The van der Waals surface area contributed by atoms with Crippen molar-refractivity contribution in [3.8, 4) is 0 Å². The number of rotatable bonds is 1. The molecule has 2 heterocycles. The van der Waals surface area contributed by atoms with Crippen LogP contribution in [0.5, 0.6) is 0 Å². The Labute approximate surface area is 88.9 Å². The first-order valence-corrected chi connectivity index (χ1v) is 4.83. The van der Waals surface area contributed by atoms with Crippen molar-refractivity contribution >= 4 is 16.7 Å². The fourth-order valence-corrected chi connectivity index (χ4v) is 1.87. The summed E-state index contributed by atoms with van der Waals surface area (Å²) >= 11 is 0. The molecule has 6 heteroatoms. The molecular formula is C10H8F3N3. The van der Waals surface area contributed by atoms with Crippen molar-refractivity contribution in [3.63, 3.8) is 0 Å². The minimum Gasteiger partial charge on any atom is -0.354 e. The second kappa shape index (κ2) is 2.90. The van der Waals surface area contributed by atoms with Gasteiger partial charge in [0.25, 0.3) is 0 Å². The van der Waals surface area contributed by atoms with Gasteiger partial charge in [0.05, 0.1) is 17.5 Å². The van der Waals surface area contributed by atoms with Crippen LogP contribution in [0.3, 0.4) is 0 Å². The first kappa shape index (κ1) is 9.50. The van der Waals surface area contributed by atoms with Crippen LogP contribution in [-0.4, -0.2) is 28.7 Å². The van der Waals surface area contributed by atoms with Crippen LogP contribution in [0, 0.1) is 0 Å². The molecule has 0 radical (unpaired) electrons. The number of benzene rings is 1. The molecule has 1 fully saturated rings. The zero-order chi connectivity index (χ0) is 11.3. The second-order valence-electron chi connectivity index (χ2n) is 3.79. The molecule has 1 atom stereocenters. The first-order valence-electron chi connectivity index (χ1n) is 4.83. The summed E-state index contributed by atoms with van der Waals surface area (Å²) in [5.41, 5.74) is 1.89. The number of hydrogen-bond acceptors (Lipinski definition) is 2. The lowest BCUT2D eigenvalue weighted by Gasteiger charge is -2.08. The van der Waals surface area contributed by atoms with E-state index in [0.717, 1.165) is 5.52 Å². The molecule has 0 aliphatic carbocycles. The van der Waals surface area contributed by atoms with E-state index >= 15 is 0 Å². The van der Waals surface area contributed by atoms with Crippen molar-refractivity contribution < 1.29 is 13.2 Å². The molecule has 1 aliphatic heterocycles. The van der Waals surface area contributed by atoms with Crippen molar-refractivity contribution in [1.82, 2.24) is 9.97 Å². The maximum atomic E-state index is 12.4. The molecule has 1 aromatic heterocycles. The van der Waals surface area contributed by atoms with Gasteiger partial charge in [0, 0.05) is 6.54 Å². The monoisotopic (exact) mass is 227 g/mol. The number of aromatic nitrogens is 2. The molecule has 84 valence electrons. The zero-order valence-corrected chi connectivity index (χ0v) is 8.12. The molecule has 0 spiro atoms. The van der Waals surface area contributed by atoms with Crippen molar-refractivity contribution in [2.75, 3.05) is 11.4 Å². The largest absolute Gasteiger partial charge is 0.410 e. The van der Waals surface area contributed by atoms with Crippen LogP contribution in [0.1, 0.15) is 0 Å². The zero-order valence-electron chi connectivity index (χ0n) is 8.12. The van der Waals surface area contributed by atoms with E-state index in [9.17, 15) is 13.2 Å². The normalized spacial score (nSPS) is 20.4. The highest BCUT2D eigenvalue weighted by Crippen LogP contribution is 2.40. The standard InChI is InChI=1S/C10H8F3N3/c11-10(12,13)8-4-16(8)7-3-1-2-6-9(7)15-5-14-6/h1-3,5,8H,4H2,(H,14,15). The number of anilines is 1. The van der Waals surface area contributed by atoms with Crippen LogP contribution in [0.15, 0.2) is 24.5 Å². The van der Waals surface area contributed by atoms with Gasteiger partial charge < -0.3 is 9.88 Å². The molecule has 1 aliphatic rings. The number of H-pyrrole nitrogens is 1. The highest BCUT2D eigenvalue weighted by atomic mass is 19.4. The van der Waals surface area contributed by atoms with Crippen LogP contribution in [-0.2, 0) is 0 Å². The van der Waals surface area contributed by atoms with E-state index < -0.39 is 12.2 Å². The molecule has 1 N–H and O–H groups in total. The average molecular weight is 227 g/mol. The van der Waals surface area contributed by atoms with Gasteiger partial charge in [0.2, 0.25) is 0 Å². The molecule has 0 saturated carbocycles. The fraction of sp³-hybridized carbons (Fsp3) is 0.300. The Morgan fingerprint density at radius 2 is 2.19 bits per heavy atom. The van der Waals surface area contributed by atoms with Crippen molar-refractivity contribution in [2.45, 2.75) is 12.2 Å². The molecule has 0 bridgehead atoms. The summed E-state index contributed by atoms with van der Waals surface area (Å²) in [4.78, 5) is 8.22. The van der Waals surface area contributed by atoms with Gasteiger partial charge >= 0.3 is 6.18 Å². The lowest BCUT2D eigenvalue weighted by molar-refractivity contribution is -0.125. The predicted molar refractivity (Wildman–Crippen MR) is 53.3 cm³/mol. The quantitative estimate of drug-likeness (QED) is 0.758. The molecule has 3 nitrogen and oxygen atoms in total. The highest BCUT2D eigenvalue weighted by Gasteiger charge is 2.54. The Kier molecular flexibility index (Phi) is 1.72. The van der Waals surface area contributed by atoms with Gasteiger partial charge in [-0.1, -0.05) is 6.07 Å². The SMILES string of the molecule is FC(F)(F)C1CN1c1cccc2[nH]cnc12. The minimum absolute atomic E-state index is 0.0233. The third kappa shape index (κ3) is 1.33.